The van der Waals surface area contributed by atoms with E-state index in [9.17, 15) is 13.6 Å². The summed E-state index contributed by atoms with van der Waals surface area (Å²) in [6, 6.07) is 7.29. The van der Waals surface area contributed by atoms with Gasteiger partial charge in [-0.25, -0.2) is 13.6 Å². The first-order valence-electron chi connectivity index (χ1n) is 5.57. The van der Waals surface area contributed by atoms with Gasteiger partial charge in [-0.2, -0.15) is 0 Å². The van der Waals surface area contributed by atoms with Crippen molar-refractivity contribution >= 4 is 17.6 Å². The molecule has 2 aromatic carbocycles. The van der Waals surface area contributed by atoms with Crippen molar-refractivity contribution < 1.29 is 23.4 Å². The van der Waals surface area contributed by atoms with Crippen LogP contribution in [0.4, 0.5) is 8.78 Å². The minimum atomic E-state index is -1.24. The number of carbonyl (C=O) groups is 1. The van der Waals surface area contributed by atoms with E-state index in [2.05, 4.69) is 0 Å². The molecule has 104 valence electrons. The van der Waals surface area contributed by atoms with Crippen molar-refractivity contribution in [2.24, 2.45) is 0 Å². The van der Waals surface area contributed by atoms with Crippen molar-refractivity contribution in [2.45, 2.75) is 6.61 Å². The quantitative estimate of drug-likeness (QED) is 0.931. The van der Waals surface area contributed by atoms with E-state index in [0.29, 0.717) is 0 Å². The Morgan fingerprint density at radius 2 is 1.90 bits per heavy atom. The first-order valence-corrected chi connectivity index (χ1v) is 5.95. The molecule has 0 saturated carbocycles. The Labute approximate surface area is 118 Å². The van der Waals surface area contributed by atoms with Crippen LogP contribution < -0.4 is 4.74 Å². The molecule has 0 aliphatic carbocycles. The predicted molar refractivity (Wildman–Crippen MR) is 69.1 cm³/mol. The molecule has 0 aliphatic rings. The lowest BCUT2D eigenvalue weighted by atomic mass is 10.2. The second-order valence-corrected chi connectivity index (χ2v) is 4.41. The normalized spacial score (nSPS) is 10.3. The number of halogens is 3. The summed E-state index contributed by atoms with van der Waals surface area (Å²) in [5.41, 5.74) is 0.0311. The Balaban J connectivity index is 2.13. The molecule has 0 saturated heterocycles. The van der Waals surface area contributed by atoms with Crippen LogP contribution in [0.2, 0.25) is 5.02 Å². The minimum absolute atomic E-state index is 0.149. The Morgan fingerprint density at radius 1 is 1.15 bits per heavy atom. The number of hydrogen-bond acceptors (Lipinski definition) is 2. The van der Waals surface area contributed by atoms with Gasteiger partial charge in [0.2, 0.25) is 0 Å². The average Bonchev–Trinajstić information content (AvgIpc) is 2.38. The Morgan fingerprint density at radius 3 is 2.50 bits per heavy atom. The van der Waals surface area contributed by atoms with E-state index in [1.54, 1.807) is 0 Å². The van der Waals surface area contributed by atoms with Crippen LogP contribution in [-0.4, -0.2) is 11.1 Å². The van der Waals surface area contributed by atoms with Gasteiger partial charge in [0.25, 0.3) is 0 Å². The van der Waals surface area contributed by atoms with E-state index in [0.717, 1.165) is 12.1 Å². The van der Waals surface area contributed by atoms with Crippen molar-refractivity contribution in [1.82, 2.24) is 0 Å². The van der Waals surface area contributed by atoms with Gasteiger partial charge in [0, 0.05) is 10.6 Å². The Hall–Kier alpha value is -2.14. The van der Waals surface area contributed by atoms with E-state index in [-0.39, 0.29) is 28.5 Å². The average molecular weight is 299 g/mol. The standard InChI is InChI=1S/C14H9ClF2O3/c15-10-3-1-9(11(16)6-10)7-20-13-4-2-8(14(18)19)5-12(13)17/h1-6H,7H2,(H,18,19). The zero-order valence-electron chi connectivity index (χ0n) is 10.1. The van der Waals surface area contributed by atoms with E-state index >= 15 is 0 Å². The smallest absolute Gasteiger partial charge is 0.335 e. The molecule has 0 atom stereocenters. The maximum Gasteiger partial charge on any atom is 0.335 e. The minimum Gasteiger partial charge on any atom is -0.486 e. The van der Waals surface area contributed by atoms with Gasteiger partial charge in [-0.1, -0.05) is 17.7 Å². The van der Waals surface area contributed by atoms with Crippen LogP contribution >= 0.6 is 11.6 Å². The van der Waals surface area contributed by atoms with Crippen LogP contribution in [0.15, 0.2) is 36.4 Å². The van der Waals surface area contributed by atoms with Crippen molar-refractivity contribution in [3.63, 3.8) is 0 Å². The number of benzene rings is 2. The van der Waals surface area contributed by atoms with Gasteiger partial charge in [0.05, 0.1) is 5.56 Å². The molecule has 6 heteroatoms. The number of hydrogen-bond donors (Lipinski definition) is 1. The van der Waals surface area contributed by atoms with Crippen molar-refractivity contribution in [1.29, 1.82) is 0 Å². The SMILES string of the molecule is O=C(O)c1ccc(OCc2ccc(Cl)cc2F)c(F)c1. The molecule has 0 spiro atoms. The number of ether oxygens (including phenoxy) is 1. The van der Waals surface area contributed by atoms with Crippen LogP contribution in [0, 0.1) is 11.6 Å². The predicted octanol–water partition coefficient (Wildman–Crippen LogP) is 3.90. The van der Waals surface area contributed by atoms with Gasteiger partial charge in [-0.3, -0.25) is 0 Å². The molecular formula is C14H9ClF2O3. The highest BCUT2D eigenvalue weighted by Gasteiger charge is 2.10. The molecule has 0 heterocycles. The molecule has 0 aliphatic heterocycles. The summed E-state index contributed by atoms with van der Waals surface area (Å²) in [4.78, 5) is 10.7. The fraction of sp³-hybridized carbons (Fsp3) is 0.0714. The first-order chi connectivity index (χ1) is 9.47. The molecule has 2 aromatic rings. The first kappa shape index (κ1) is 14.3. The fourth-order valence-electron chi connectivity index (χ4n) is 1.55. The monoisotopic (exact) mass is 298 g/mol. The summed E-state index contributed by atoms with van der Waals surface area (Å²) in [6.45, 7) is -0.188. The summed E-state index contributed by atoms with van der Waals surface area (Å²) in [7, 11) is 0. The van der Waals surface area contributed by atoms with Crippen molar-refractivity contribution in [3.05, 3.63) is 64.2 Å². The molecule has 0 fully saturated rings. The second kappa shape index (κ2) is 5.88. The molecule has 3 nitrogen and oxygen atoms in total. The van der Waals surface area contributed by atoms with Crippen LogP contribution in [0.1, 0.15) is 15.9 Å². The van der Waals surface area contributed by atoms with Crippen LogP contribution in [-0.2, 0) is 6.61 Å². The lowest BCUT2D eigenvalue weighted by Crippen LogP contribution is -2.02. The van der Waals surface area contributed by atoms with E-state index in [1.807, 2.05) is 0 Å². The molecule has 0 amide bonds. The lowest BCUT2D eigenvalue weighted by Gasteiger charge is -2.08. The van der Waals surface area contributed by atoms with Gasteiger partial charge >= 0.3 is 5.97 Å². The third-order valence-electron chi connectivity index (χ3n) is 2.58. The highest BCUT2D eigenvalue weighted by molar-refractivity contribution is 6.30. The van der Waals surface area contributed by atoms with E-state index in [1.165, 1.54) is 24.3 Å². The van der Waals surface area contributed by atoms with Crippen molar-refractivity contribution in [2.75, 3.05) is 0 Å². The number of rotatable bonds is 4. The van der Waals surface area contributed by atoms with E-state index < -0.39 is 17.6 Å². The maximum absolute atomic E-state index is 13.6. The van der Waals surface area contributed by atoms with Crippen LogP contribution in [0.25, 0.3) is 0 Å². The molecule has 0 unspecified atom stereocenters. The van der Waals surface area contributed by atoms with Crippen LogP contribution in [0.5, 0.6) is 5.75 Å². The Bertz CT molecular complexity index is 659. The molecule has 2 rings (SSSR count). The van der Waals surface area contributed by atoms with Gasteiger partial charge in [0.1, 0.15) is 12.4 Å². The highest BCUT2D eigenvalue weighted by atomic mass is 35.5. The third-order valence-corrected chi connectivity index (χ3v) is 2.81. The summed E-state index contributed by atoms with van der Waals surface area (Å²) >= 11 is 5.61. The molecule has 1 N–H and O–H groups in total. The second-order valence-electron chi connectivity index (χ2n) is 3.97. The summed E-state index contributed by atoms with van der Waals surface area (Å²) in [5.74, 6) is -2.76. The zero-order valence-corrected chi connectivity index (χ0v) is 10.8. The van der Waals surface area contributed by atoms with Gasteiger partial charge in [-0.05, 0) is 30.3 Å². The Kier molecular flexibility index (Phi) is 4.20. The molecule has 20 heavy (non-hydrogen) atoms. The zero-order chi connectivity index (χ0) is 14.7. The van der Waals surface area contributed by atoms with Gasteiger partial charge in [0.15, 0.2) is 11.6 Å². The van der Waals surface area contributed by atoms with E-state index in [4.69, 9.17) is 21.4 Å². The molecule has 0 bridgehead atoms. The largest absolute Gasteiger partial charge is 0.486 e. The highest BCUT2D eigenvalue weighted by Crippen LogP contribution is 2.21. The fourth-order valence-corrected chi connectivity index (χ4v) is 1.70. The number of aromatic carboxylic acids is 1. The molecule has 0 radical (unpaired) electrons. The van der Waals surface area contributed by atoms with Crippen LogP contribution in [0.3, 0.4) is 0 Å². The summed E-state index contributed by atoms with van der Waals surface area (Å²) < 4.78 is 32.2. The summed E-state index contributed by atoms with van der Waals surface area (Å²) in [5, 5.41) is 8.95. The summed E-state index contributed by atoms with van der Waals surface area (Å²) in [6.07, 6.45) is 0. The van der Waals surface area contributed by atoms with Crippen molar-refractivity contribution in [3.8, 4) is 5.75 Å². The maximum atomic E-state index is 13.6. The number of carboxylic acid groups (broad SMARTS) is 1. The number of carboxylic acids is 1. The molecular weight excluding hydrogens is 290 g/mol. The topological polar surface area (TPSA) is 46.5 Å². The van der Waals surface area contributed by atoms with Gasteiger partial charge < -0.3 is 9.84 Å². The van der Waals surface area contributed by atoms with Gasteiger partial charge in [-0.15, -0.1) is 0 Å². The third kappa shape index (κ3) is 3.24. The molecule has 0 aromatic heterocycles. The lowest BCUT2D eigenvalue weighted by molar-refractivity contribution is 0.0696.